The molecule has 0 aromatic heterocycles. The fourth-order valence-corrected chi connectivity index (χ4v) is 2.45. The predicted molar refractivity (Wildman–Crippen MR) is 69.0 cm³/mol. The van der Waals surface area contributed by atoms with E-state index in [9.17, 15) is 0 Å². The van der Waals surface area contributed by atoms with Crippen molar-refractivity contribution < 1.29 is 0 Å². The zero-order chi connectivity index (χ0) is 11.3. The highest BCUT2D eigenvalue weighted by molar-refractivity contribution is 5.33. The Balaban J connectivity index is 0.000000337. The third kappa shape index (κ3) is 3.22. The van der Waals surface area contributed by atoms with Crippen molar-refractivity contribution in [3.05, 3.63) is 23.3 Å². The highest BCUT2D eigenvalue weighted by Gasteiger charge is 2.31. The summed E-state index contributed by atoms with van der Waals surface area (Å²) in [5, 5.41) is 0. The second-order valence-corrected chi connectivity index (χ2v) is 5.31. The normalized spacial score (nSPS) is 29.3. The highest BCUT2D eigenvalue weighted by Crippen LogP contribution is 2.45. The first-order valence-corrected chi connectivity index (χ1v) is 6.50. The molecule has 0 aliphatic heterocycles. The van der Waals surface area contributed by atoms with Gasteiger partial charge in [0, 0.05) is 0 Å². The van der Waals surface area contributed by atoms with Crippen LogP contribution in [0.2, 0.25) is 0 Å². The Morgan fingerprint density at radius 2 is 1.93 bits per heavy atom. The molecular weight excluding hydrogens is 180 g/mol. The van der Waals surface area contributed by atoms with Crippen LogP contribution in [0.15, 0.2) is 23.3 Å². The number of fused-ring (bicyclic) bond motifs is 1. The Bertz CT molecular complexity index is 257. The maximum Gasteiger partial charge on any atom is -0.00753 e. The summed E-state index contributed by atoms with van der Waals surface area (Å²) in [6, 6.07) is 0. The lowest BCUT2D eigenvalue weighted by Crippen LogP contribution is -2.24. The van der Waals surface area contributed by atoms with Gasteiger partial charge in [-0.25, -0.2) is 0 Å². The van der Waals surface area contributed by atoms with E-state index in [1.165, 1.54) is 38.5 Å². The monoisotopic (exact) mass is 206 g/mol. The van der Waals surface area contributed by atoms with Gasteiger partial charge in [0.15, 0.2) is 0 Å². The van der Waals surface area contributed by atoms with Gasteiger partial charge in [-0.2, -0.15) is 0 Å². The van der Waals surface area contributed by atoms with Gasteiger partial charge >= 0.3 is 0 Å². The van der Waals surface area contributed by atoms with E-state index < -0.39 is 0 Å². The van der Waals surface area contributed by atoms with Crippen molar-refractivity contribution in [3.63, 3.8) is 0 Å². The zero-order valence-corrected chi connectivity index (χ0v) is 10.9. The summed E-state index contributed by atoms with van der Waals surface area (Å²) in [5.41, 5.74) is 3.73. The minimum atomic E-state index is 0.539. The lowest BCUT2D eigenvalue weighted by molar-refractivity contribution is 0.310. The Morgan fingerprint density at radius 3 is 2.60 bits per heavy atom. The summed E-state index contributed by atoms with van der Waals surface area (Å²) >= 11 is 0. The summed E-state index contributed by atoms with van der Waals surface area (Å²) in [6.07, 6.45) is 12.9. The van der Waals surface area contributed by atoms with Crippen LogP contribution >= 0.6 is 0 Å². The van der Waals surface area contributed by atoms with Gasteiger partial charge in [-0.15, -0.1) is 0 Å². The molecular formula is C15H26. The van der Waals surface area contributed by atoms with E-state index in [4.69, 9.17) is 0 Å². The molecule has 0 radical (unpaired) electrons. The summed E-state index contributed by atoms with van der Waals surface area (Å²) in [6.45, 7) is 8.94. The van der Waals surface area contributed by atoms with Crippen LogP contribution in [-0.4, -0.2) is 0 Å². The molecule has 0 fully saturated rings. The largest absolute Gasteiger partial charge is 0.0808 e. The maximum atomic E-state index is 2.45. The molecule has 1 atom stereocenters. The van der Waals surface area contributed by atoms with Gasteiger partial charge in [-0.3, -0.25) is 0 Å². The Kier molecular flexibility index (Phi) is 4.63. The molecule has 86 valence electrons. The van der Waals surface area contributed by atoms with Crippen LogP contribution in [0.1, 0.15) is 66.2 Å². The van der Waals surface area contributed by atoms with Crippen LogP contribution in [-0.2, 0) is 0 Å². The molecule has 0 aromatic carbocycles. The van der Waals surface area contributed by atoms with Crippen molar-refractivity contribution >= 4 is 0 Å². The summed E-state index contributed by atoms with van der Waals surface area (Å²) < 4.78 is 0. The van der Waals surface area contributed by atoms with Crippen molar-refractivity contribution in [2.75, 3.05) is 0 Å². The molecule has 0 spiro atoms. The van der Waals surface area contributed by atoms with E-state index in [-0.39, 0.29) is 0 Å². The highest BCUT2D eigenvalue weighted by atomic mass is 14.4. The first kappa shape index (κ1) is 12.5. The van der Waals surface area contributed by atoms with Crippen molar-refractivity contribution in [3.8, 4) is 0 Å². The molecule has 0 aromatic rings. The van der Waals surface area contributed by atoms with Crippen molar-refractivity contribution in [2.24, 2.45) is 5.41 Å². The molecule has 2 aliphatic carbocycles. The third-order valence-electron chi connectivity index (χ3n) is 3.47. The van der Waals surface area contributed by atoms with Crippen molar-refractivity contribution in [1.29, 1.82) is 0 Å². The van der Waals surface area contributed by atoms with Crippen molar-refractivity contribution in [2.45, 2.75) is 66.2 Å². The van der Waals surface area contributed by atoms with Crippen LogP contribution in [0.25, 0.3) is 0 Å². The number of hydrogen-bond acceptors (Lipinski definition) is 0. The van der Waals surface area contributed by atoms with Crippen LogP contribution in [0.4, 0.5) is 0 Å². The first-order valence-electron chi connectivity index (χ1n) is 6.50. The fourth-order valence-electron chi connectivity index (χ4n) is 2.45. The SMILES string of the molecule is CC1=CC2=CCCCC2(C)CC1.CCC. The Labute approximate surface area is 95.5 Å². The Morgan fingerprint density at radius 1 is 1.27 bits per heavy atom. The average Bonchev–Trinajstić information content (AvgIpc) is 2.20. The van der Waals surface area contributed by atoms with Crippen LogP contribution in [0.3, 0.4) is 0 Å². The predicted octanol–water partition coefficient (Wildman–Crippen LogP) is 5.26. The molecule has 0 heteroatoms. The molecule has 0 saturated heterocycles. The number of allylic oxidation sites excluding steroid dienone is 4. The van der Waals surface area contributed by atoms with Crippen LogP contribution in [0, 0.1) is 5.41 Å². The molecule has 0 bridgehead atoms. The Hall–Kier alpha value is -0.520. The molecule has 0 heterocycles. The van der Waals surface area contributed by atoms with Crippen molar-refractivity contribution in [1.82, 2.24) is 0 Å². The second kappa shape index (κ2) is 5.53. The molecule has 0 nitrogen and oxygen atoms in total. The molecule has 0 amide bonds. The zero-order valence-electron chi connectivity index (χ0n) is 10.9. The van der Waals surface area contributed by atoms with E-state index in [2.05, 4.69) is 39.8 Å². The van der Waals surface area contributed by atoms with E-state index in [1.54, 1.807) is 11.1 Å². The summed E-state index contributed by atoms with van der Waals surface area (Å²) in [7, 11) is 0. The van der Waals surface area contributed by atoms with E-state index in [1.807, 2.05) is 0 Å². The molecule has 15 heavy (non-hydrogen) atoms. The molecule has 0 saturated carbocycles. The third-order valence-corrected chi connectivity index (χ3v) is 3.47. The molecule has 1 unspecified atom stereocenters. The standard InChI is InChI=1S/C12H18.C3H8/c1-10-6-8-12(2)7-4-3-5-11(12)9-10;1-3-2/h5,9H,3-4,6-8H2,1-2H3;3H2,1-2H3. The maximum absolute atomic E-state index is 2.45. The topological polar surface area (TPSA) is 0 Å². The summed E-state index contributed by atoms with van der Waals surface area (Å²) in [5.74, 6) is 0. The minimum Gasteiger partial charge on any atom is -0.0808 e. The molecule has 2 aliphatic rings. The molecule has 2 rings (SSSR count). The van der Waals surface area contributed by atoms with E-state index in [0.29, 0.717) is 5.41 Å². The lowest BCUT2D eigenvalue weighted by atomic mass is 9.67. The molecule has 0 N–H and O–H groups in total. The van der Waals surface area contributed by atoms with Gasteiger partial charge in [-0.05, 0) is 50.0 Å². The lowest BCUT2D eigenvalue weighted by Gasteiger charge is -2.37. The smallest absolute Gasteiger partial charge is 0.00753 e. The number of hydrogen-bond donors (Lipinski definition) is 0. The van der Waals surface area contributed by atoms with Gasteiger partial charge in [0.2, 0.25) is 0 Å². The number of rotatable bonds is 0. The second-order valence-electron chi connectivity index (χ2n) is 5.31. The minimum absolute atomic E-state index is 0.539. The van der Waals surface area contributed by atoms with Crippen LogP contribution in [0.5, 0.6) is 0 Å². The first-order chi connectivity index (χ1) is 7.12. The van der Waals surface area contributed by atoms with E-state index in [0.717, 1.165) is 0 Å². The average molecular weight is 206 g/mol. The van der Waals surface area contributed by atoms with Gasteiger partial charge in [0.1, 0.15) is 0 Å². The van der Waals surface area contributed by atoms with Gasteiger partial charge in [-0.1, -0.05) is 44.9 Å². The quantitative estimate of drug-likeness (QED) is 0.507. The van der Waals surface area contributed by atoms with Crippen LogP contribution < -0.4 is 0 Å². The van der Waals surface area contributed by atoms with Gasteiger partial charge in [0.05, 0.1) is 0 Å². The van der Waals surface area contributed by atoms with Gasteiger partial charge < -0.3 is 0 Å². The summed E-state index contributed by atoms with van der Waals surface area (Å²) in [4.78, 5) is 0. The fraction of sp³-hybridized carbons (Fsp3) is 0.733. The van der Waals surface area contributed by atoms with Gasteiger partial charge in [0.25, 0.3) is 0 Å². The van der Waals surface area contributed by atoms with E-state index >= 15 is 0 Å².